The largest absolute Gasteiger partial charge is 0.360 e. The molecule has 1 aromatic rings. The summed E-state index contributed by atoms with van der Waals surface area (Å²) in [7, 11) is 0. The lowest BCUT2D eigenvalue weighted by Gasteiger charge is -2.02. The van der Waals surface area contributed by atoms with Crippen LogP contribution in [0.4, 0.5) is 5.13 Å². The van der Waals surface area contributed by atoms with Gasteiger partial charge < -0.3 is 10.6 Å². The lowest BCUT2D eigenvalue weighted by Crippen LogP contribution is -2.19. The summed E-state index contributed by atoms with van der Waals surface area (Å²) in [6.45, 7) is 2.12. The highest BCUT2D eigenvalue weighted by Crippen LogP contribution is 2.39. The standard InChI is InChI=1S/C11H18N4S/c1(6-12-9-4-5-9)7-13-11-14-10(15-16-11)8-2-3-8/h8-9,12H,1-7H2,(H,13,14,15). The molecule has 0 radical (unpaired) electrons. The van der Waals surface area contributed by atoms with Crippen LogP contribution in [0.5, 0.6) is 0 Å². The molecule has 0 spiro atoms. The fourth-order valence-electron chi connectivity index (χ4n) is 1.69. The van der Waals surface area contributed by atoms with Crippen LogP contribution < -0.4 is 10.6 Å². The molecule has 88 valence electrons. The molecule has 0 aromatic carbocycles. The van der Waals surface area contributed by atoms with Crippen LogP contribution in [0.25, 0.3) is 0 Å². The molecule has 2 N–H and O–H groups in total. The monoisotopic (exact) mass is 238 g/mol. The molecule has 1 aromatic heterocycles. The molecule has 2 saturated carbocycles. The molecule has 0 atom stereocenters. The van der Waals surface area contributed by atoms with E-state index in [2.05, 4.69) is 20.0 Å². The summed E-state index contributed by atoms with van der Waals surface area (Å²) >= 11 is 1.50. The zero-order valence-electron chi connectivity index (χ0n) is 9.41. The number of hydrogen-bond donors (Lipinski definition) is 2. The van der Waals surface area contributed by atoms with E-state index in [1.165, 1.54) is 37.2 Å². The van der Waals surface area contributed by atoms with Gasteiger partial charge in [-0.15, -0.1) is 0 Å². The number of hydrogen-bond acceptors (Lipinski definition) is 5. The zero-order valence-corrected chi connectivity index (χ0v) is 10.2. The van der Waals surface area contributed by atoms with Crippen molar-refractivity contribution < 1.29 is 0 Å². The lowest BCUT2D eigenvalue weighted by atomic mass is 10.4. The third kappa shape index (κ3) is 2.92. The van der Waals surface area contributed by atoms with Crippen molar-refractivity contribution >= 4 is 16.7 Å². The Hall–Kier alpha value is -0.680. The SMILES string of the molecule is C(CNc1nc(C2CC2)ns1)CNC1CC1. The third-order valence-corrected chi connectivity index (χ3v) is 3.71. The van der Waals surface area contributed by atoms with E-state index in [-0.39, 0.29) is 0 Å². The van der Waals surface area contributed by atoms with Gasteiger partial charge in [0.2, 0.25) is 5.13 Å². The number of rotatable bonds is 7. The van der Waals surface area contributed by atoms with Crippen molar-refractivity contribution in [2.45, 2.75) is 44.1 Å². The zero-order chi connectivity index (χ0) is 10.8. The van der Waals surface area contributed by atoms with Gasteiger partial charge >= 0.3 is 0 Å². The number of aromatic nitrogens is 2. The summed E-state index contributed by atoms with van der Waals surface area (Å²) in [6.07, 6.45) is 6.46. The van der Waals surface area contributed by atoms with Gasteiger partial charge in [0, 0.05) is 30.0 Å². The molecule has 5 heteroatoms. The van der Waals surface area contributed by atoms with Gasteiger partial charge in [0.15, 0.2) is 0 Å². The maximum atomic E-state index is 4.49. The molecule has 1 heterocycles. The summed E-state index contributed by atoms with van der Waals surface area (Å²) in [6, 6.07) is 0.822. The Morgan fingerprint density at radius 2 is 2.06 bits per heavy atom. The van der Waals surface area contributed by atoms with E-state index >= 15 is 0 Å². The molecule has 16 heavy (non-hydrogen) atoms. The Kier molecular flexibility index (Phi) is 3.06. The van der Waals surface area contributed by atoms with Gasteiger partial charge in [-0.2, -0.15) is 4.37 Å². The molecule has 0 aliphatic heterocycles. The van der Waals surface area contributed by atoms with Crippen molar-refractivity contribution in [3.8, 4) is 0 Å². The Morgan fingerprint density at radius 3 is 2.81 bits per heavy atom. The maximum absolute atomic E-state index is 4.49. The van der Waals surface area contributed by atoms with Crippen LogP contribution in [-0.4, -0.2) is 28.5 Å². The first-order valence-corrected chi connectivity index (χ1v) is 7.00. The van der Waals surface area contributed by atoms with E-state index in [9.17, 15) is 0 Å². The molecule has 0 saturated heterocycles. The minimum absolute atomic E-state index is 0.670. The van der Waals surface area contributed by atoms with Crippen molar-refractivity contribution in [2.24, 2.45) is 0 Å². The van der Waals surface area contributed by atoms with Crippen LogP contribution in [0.15, 0.2) is 0 Å². The molecule has 2 aliphatic carbocycles. The molecule has 0 amide bonds. The van der Waals surface area contributed by atoms with E-state index in [4.69, 9.17) is 0 Å². The lowest BCUT2D eigenvalue weighted by molar-refractivity contribution is 0.659. The van der Waals surface area contributed by atoms with Crippen molar-refractivity contribution in [1.29, 1.82) is 0 Å². The summed E-state index contributed by atoms with van der Waals surface area (Å²) < 4.78 is 4.37. The molecule has 0 unspecified atom stereocenters. The van der Waals surface area contributed by atoms with Crippen molar-refractivity contribution in [3.63, 3.8) is 0 Å². The Balaban J connectivity index is 1.33. The van der Waals surface area contributed by atoms with Crippen molar-refractivity contribution in [2.75, 3.05) is 18.4 Å². The van der Waals surface area contributed by atoms with Gasteiger partial charge in [0.25, 0.3) is 0 Å². The molecular weight excluding hydrogens is 220 g/mol. The minimum atomic E-state index is 0.670. The molecule has 2 fully saturated rings. The van der Waals surface area contributed by atoms with E-state index in [1.54, 1.807) is 0 Å². The van der Waals surface area contributed by atoms with Gasteiger partial charge in [-0.1, -0.05) is 0 Å². The summed E-state index contributed by atoms with van der Waals surface area (Å²) in [5.41, 5.74) is 0. The summed E-state index contributed by atoms with van der Waals surface area (Å²) in [5.74, 6) is 1.73. The van der Waals surface area contributed by atoms with Gasteiger partial charge in [-0.25, -0.2) is 4.98 Å². The van der Waals surface area contributed by atoms with Crippen molar-refractivity contribution in [3.05, 3.63) is 5.82 Å². The number of anilines is 1. The van der Waals surface area contributed by atoms with Crippen LogP contribution >= 0.6 is 11.5 Å². The third-order valence-electron chi connectivity index (χ3n) is 3.02. The highest BCUT2D eigenvalue weighted by Gasteiger charge is 2.27. The van der Waals surface area contributed by atoms with Gasteiger partial charge in [-0.05, 0) is 38.6 Å². The first-order valence-electron chi connectivity index (χ1n) is 6.22. The number of nitrogens with zero attached hydrogens (tertiary/aromatic N) is 2. The van der Waals surface area contributed by atoms with E-state index < -0.39 is 0 Å². The second-order valence-corrected chi connectivity index (χ2v) is 5.49. The van der Waals surface area contributed by atoms with Crippen LogP contribution in [0.2, 0.25) is 0 Å². The van der Waals surface area contributed by atoms with Crippen molar-refractivity contribution in [1.82, 2.24) is 14.7 Å². The van der Waals surface area contributed by atoms with Crippen LogP contribution in [-0.2, 0) is 0 Å². The summed E-state index contributed by atoms with van der Waals surface area (Å²) in [5, 5.41) is 7.84. The van der Waals surface area contributed by atoms with Gasteiger partial charge in [0.1, 0.15) is 5.82 Å². The topological polar surface area (TPSA) is 49.8 Å². The first-order chi connectivity index (χ1) is 7.92. The van der Waals surface area contributed by atoms with Crippen LogP contribution in [0.1, 0.15) is 43.8 Å². The predicted molar refractivity (Wildman–Crippen MR) is 66.0 cm³/mol. The quantitative estimate of drug-likeness (QED) is 0.713. The molecule has 2 aliphatic rings. The first kappa shape index (κ1) is 10.5. The Labute approximate surface area is 100 Å². The average molecular weight is 238 g/mol. The fraction of sp³-hybridized carbons (Fsp3) is 0.818. The molecule has 0 bridgehead atoms. The second kappa shape index (κ2) is 4.67. The second-order valence-electron chi connectivity index (χ2n) is 4.74. The maximum Gasteiger partial charge on any atom is 0.202 e. The minimum Gasteiger partial charge on any atom is -0.360 e. The average Bonchev–Trinajstić information content (AvgIpc) is 3.19. The van der Waals surface area contributed by atoms with E-state index in [1.807, 2.05) is 0 Å². The number of nitrogens with one attached hydrogen (secondary N) is 2. The van der Waals surface area contributed by atoms with Gasteiger partial charge in [0.05, 0.1) is 0 Å². The Bertz CT molecular complexity index is 344. The molecule has 3 rings (SSSR count). The fourth-order valence-corrected chi connectivity index (χ4v) is 2.36. The van der Waals surface area contributed by atoms with Crippen LogP contribution in [0.3, 0.4) is 0 Å². The van der Waals surface area contributed by atoms with Crippen LogP contribution in [0, 0.1) is 0 Å². The highest BCUT2D eigenvalue weighted by molar-refractivity contribution is 7.09. The van der Waals surface area contributed by atoms with Gasteiger partial charge in [-0.3, -0.25) is 0 Å². The Morgan fingerprint density at radius 1 is 1.19 bits per heavy atom. The van der Waals surface area contributed by atoms with E-state index in [0.717, 1.165) is 36.5 Å². The highest BCUT2D eigenvalue weighted by atomic mass is 32.1. The van der Waals surface area contributed by atoms with E-state index in [0.29, 0.717) is 5.92 Å². The summed E-state index contributed by atoms with van der Waals surface area (Å²) in [4.78, 5) is 4.49. The normalized spacial score (nSPS) is 20.0. The molecule has 4 nitrogen and oxygen atoms in total. The smallest absolute Gasteiger partial charge is 0.202 e. The molecular formula is C11H18N4S. The predicted octanol–water partition coefficient (Wildman–Crippen LogP) is 1.97.